The van der Waals surface area contributed by atoms with Gasteiger partial charge < -0.3 is 15.5 Å². The smallest absolute Gasteiger partial charge is 0.225 e. The number of piperazine rings is 1. The molecule has 1 saturated heterocycles. The number of aromatic nitrogens is 3. The highest BCUT2D eigenvalue weighted by atomic mass is 15.3. The molecule has 1 saturated carbocycles. The lowest BCUT2D eigenvalue weighted by atomic mass is 10.2. The van der Waals surface area contributed by atoms with Gasteiger partial charge in [0.05, 0.1) is 5.69 Å². The molecule has 2 aliphatic rings. The molecule has 4 rings (SSSR count). The molecule has 7 heteroatoms. The van der Waals surface area contributed by atoms with Crippen LogP contribution in [0.5, 0.6) is 0 Å². The first-order chi connectivity index (χ1) is 13.8. The van der Waals surface area contributed by atoms with Crippen molar-refractivity contribution in [2.24, 2.45) is 0 Å². The van der Waals surface area contributed by atoms with E-state index in [2.05, 4.69) is 32.5 Å². The molecular formula is C21H31N7. The summed E-state index contributed by atoms with van der Waals surface area (Å²) >= 11 is 0. The van der Waals surface area contributed by atoms with Gasteiger partial charge in [0, 0.05) is 69.3 Å². The quantitative estimate of drug-likeness (QED) is 0.764. The number of nitrogens with zero attached hydrogens (tertiary/aromatic N) is 5. The zero-order chi connectivity index (χ0) is 19.2. The van der Waals surface area contributed by atoms with Crippen molar-refractivity contribution in [1.82, 2.24) is 24.8 Å². The van der Waals surface area contributed by atoms with Crippen LogP contribution in [0, 0.1) is 0 Å². The molecule has 2 aromatic heterocycles. The fraction of sp³-hybridized carbons (Fsp3) is 0.571. The van der Waals surface area contributed by atoms with Gasteiger partial charge in [0.2, 0.25) is 5.95 Å². The maximum absolute atomic E-state index is 4.76. The average molecular weight is 382 g/mol. The first-order valence-electron chi connectivity index (χ1n) is 10.5. The van der Waals surface area contributed by atoms with E-state index >= 15 is 0 Å². The van der Waals surface area contributed by atoms with Gasteiger partial charge in [0.15, 0.2) is 0 Å². The Balaban J connectivity index is 1.43. The second-order valence-electron chi connectivity index (χ2n) is 7.90. The van der Waals surface area contributed by atoms with Crippen molar-refractivity contribution in [3.8, 4) is 11.3 Å². The largest absolute Gasteiger partial charge is 0.369 e. The Morgan fingerprint density at radius 2 is 1.93 bits per heavy atom. The van der Waals surface area contributed by atoms with Gasteiger partial charge in [-0.15, -0.1) is 0 Å². The molecule has 0 spiro atoms. The Labute approximate surface area is 167 Å². The van der Waals surface area contributed by atoms with Gasteiger partial charge in [-0.3, -0.25) is 9.88 Å². The molecule has 2 fully saturated rings. The second kappa shape index (κ2) is 9.30. The molecule has 1 aliphatic heterocycles. The van der Waals surface area contributed by atoms with Gasteiger partial charge >= 0.3 is 0 Å². The number of hydrogen-bond donors (Lipinski definition) is 2. The van der Waals surface area contributed by atoms with E-state index in [1.807, 2.05) is 24.4 Å². The summed E-state index contributed by atoms with van der Waals surface area (Å²) in [6, 6.07) is 6.51. The highest BCUT2D eigenvalue weighted by molar-refractivity contribution is 5.63. The third-order valence-corrected chi connectivity index (χ3v) is 5.70. The zero-order valence-electron chi connectivity index (χ0n) is 16.8. The summed E-state index contributed by atoms with van der Waals surface area (Å²) in [5, 5.41) is 7.05. The van der Waals surface area contributed by atoms with Crippen LogP contribution in [-0.2, 0) is 0 Å². The normalized spacial score (nSPS) is 19.0. The van der Waals surface area contributed by atoms with Crippen molar-refractivity contribution >= 4 is 11.8 Å². The number of likely N-dealkylation sites (N-methyl/N-ethyl adjacent to an activating group) is 1. The summed E-state index contributed by atoms with van der Waals surface area (Å²) in [5.41, 5.74) is 1.92. The van der Waals surface area contributed by atoms with Crippen LogP contribution in [0.3, 0.4) is 0 Å². The highest BCUT2D eigenvalue weighted by Crippen LogP contribution is 2.24. The van der Waals surface area contributed by atoms with Crippen molar-refractivity contribution in [3.05, 3.63) is 30.6 Å². The van der Waals surface area contributed by atoms with E-state index in [0.717, 1.165) is 62.3 Å². The number of rotatable bonds is 7. The Kier molecular flexibility index (Phi) is 6.34. The molecule has 0 atom stereocenters. The van der Waals surface area contributed by atoms with Gasteiger partial charge in [-0.05, 0) is 32.0 Å². The van der Waals surface area contributed by atoms with Crippen LogP contribution in [0.25, 0.3) is 11.3 Å². The van der Waals surface area contributed by atoms with Gasteiger partial charge in [-0.2, -0.15) is 4.98 Å². The third-order valence-electron chi connectivity index (χ3n) is 5.70. The van der Waals surface area contributed by atoms with Crippen molar-refractivity contribution in [3.63, 3.8) is 0 Å². The number of anilines is 2. The monoisotopic (exact) mass is 381 g/mol. The third kappa shape index (κ3) is 5.17. The van der Waals surface area contributed by atoms with Gasteiger partial charge in [-0.1, -0.05) is 12.8 Å². The highest BCUT2D eigenvalue weighted by Gasteiger charge is 2.17. The van der Waals surface area contributed by atoms with Crippen molar-refractivity contribution in [2.75, 3.05) is 56.9 Å². The van der Waals surface area contributed by atoms with Crippen LogP contribution < -0.4 is 10.6 Å². The zero-order valence-corrected chi connectivity index (χ0v) is 16.8. The van der Waals surface area contributed by atoms with E-state index in [0.29, 0.717) is 6.04 Å². The van der Waals surface area contributed by atoms with Crippen LogP contribution >= 0.6 is 0 Å². The lowest BCUT2D eigenvalue weighted by Crippen LogP contribution is -2.45. The van der Waals surface area contributed by atoms with Gasteiger partial charge in [-0.25, -0.2) is 4.98 Å². The minimum absolute atomic E-state index is 0.488. The molecule has 3 heterocycles. The van der Waals surface area contributed by atoms with E-state index in [1.54, 1.807) is 6.20 Å². The predicted molar refractivity (Wildman–Crippen MR) is 114 cm³/mol. The van der Waals surface area contributed by atoms with Crippen LogP contribution in [0.15, 0.2) is 30.6 Å². The minimum atomic E-state index is 0.488. The fourth-order valence-corrected chi connectivity index (χ4v) is 3.93. The molecule has 2 N–H and O–H groups in total. The molecule has 0 bridgehead atoms. The maximum atomic E-state index is 4.76. The molecule has 2 aromatic rings. The van der Waals surface area contributed by atoms with Crippen molar-refractivity contribution < 1.29 is 0 Å². The van der Waals surface area contributed by atoms with E-state index in [1.165, 1.54) is 25.7 Å². The number of nitrogens with one attached hydrogen (secondary N) is 2. The average Bonchev–Trinajstić information content (AvgIpc) is 3.23. The summed E-state index contributed by atoms with van der Waals surface area (Å²) < 4.78 is 0. The van der Waals surface area contributed by atoms with Gasteiger partial charge in [0.1, 0.15) is 5.82 Å². The van der Waals surface area contributed by atoms with E-state index in [-0.39, 0.29) is 0 Å². The fourth-order valence-electron chi connectivity index (χ4n) is 3.93. The first-order valence-corrected chi connectivity index (χ1v) is 10.5. The second-order valence-corrected chi connectivity index (χ2v) is 7.90. The summed E-state index contributed by atoms with van der Waals surface area (Å²) in [4.78, 5) is 18.6. The number of pyridine rings is 1. The molecular weight excluding hydrogens is 350 g/mol. The molecule has 28 heavy (non-hydrogen) atoms. The van der Waals surface area contributed by atoms with Gasteiger partial charge in [0.25, 0.3) is 0 Å². The Morgan fingerprint density at radius 3 is 2.68 bits per heavy atom. The molecule has 0 aromatic carbocycles. The van der Waals surface area contributed by atoms with E-state index < -0.39 is 0 Å². The molecule has 7 nitrogen and oxygen atoms in total. The molecule has 1 aliphatic carbocycles. The molecule has 0 radical (unpaired) electrons. The van der Waals surface area contributed by atoms with Crippen molar-refractivity contribution in [2.45, 2.75) is 31.7 Å². The van der Waals surface area contributed by atoms with Crippen LogP contribution in [0.4, 0.5) is 11.8 Å². The summed E-state index contributed by atoms with van der Waals surface area (Å²) in [6.45, 7) is 6.48. The maximum Gasteiger partial charge on any atom is 0.225 e. The Hall–Kier alpha value is -2.25. The Bertz CT molecular complexity index is 738. The number of hydrogen-bond acceptors (Lipinski definition) is 7. The Morgan fingerprint density at radius 1 is 1.11 bits per heavy atom. The topological polar surface area (TPSA) is 69.2 Å². The van der Waals surface area contributed by atoms with E-state index in [9.17, 15) is 0 Å². The van der Waals surface area contributed by atoms with Crippen LogP contribution in [-0.4, -0.2) is 77.1 Å². The summed E-state index contributed by atoms with van der Waals surface area (Å²) in [6.07, 6.45) is 8.62. The van der Waals surface area contributed by atoms with Crippen molar-refractivity contribution in [1.29, 1.82) is 0 Å². The van der Waals surface area contributed by atoms with E-state index in [4.69, 9.17) is 9.97 Å². The summed E-state index contributed by atoms with van der Waals surface area (Å²) in [5.74, 6) is 1.60. The molecule has 0 amide bonds. The first kappa shape index (κ1) is 19.1. The molecule has 150 valence electrons. The SMILES string of the molecule is CN1CCN(CCNc2cc(-c3cccnc3)nc(NC3CCCC3)n2)CC1. The predicted octanol–water partition coefficient (Wildman–Crippen LogP) is 2.55. The lowest BCUT2D eigenvalue weighted by Gasteiger charge is -2.32. The van der Waals surface area contributed by atoms with Crippen LogP contribution in [0.2, 0.25) is 0 Å². The standard InChI is InChI=1S/C21H31N7/c1-27-11-13-28(14-12-27)10-9-23-20-15-19(17-5-4-8-22-16-17)25-21(26-20)24-18-6-2-3-7-18/h4-5,8,15-16,18H,2-3,6-7,9-14H2,1H3,(H2,23,24,25,26). The lowest BCUT2D eigenvalue weighted by molar-refractivity contribution is 0.158. The molecule has 0 unspecified atom stereocenters. The van der Waals surface area contributed by atoms with Crippen LogP contribution in [0.1, 0.15) is 25.7 Å². The summed E-state index contributed by atoms with van der Waals surface area (Å²) in [7, 11) is 2.19. The minimum Gasteiger partial charge on any atom is -0.369 e.